The van der Waals surface area contributed by atoms with E-state index in [0.717, 1.165) is 38.6 Å². The van der Waals surface area contributed by atoms with Gasteiger partial charge in [0.15, 0.2) is 0 Å². The Morgan fingerprint density at radius 3 is 2.74 bits per heavy atom. The zero-order valence-corrected chi connectivity index (χ0v) is 21.0. The molecule has 3 N–H and O–H groups in total. The molecule has 1 amide bonds. The summed E-state index contributed by atoms with van der Waals surface area (Å²) in [4.78, 5) is 15.2. The topological polar surface area (TPSA) is 75.8 Å². The van der Waals surface area contributed by atoms with Gasteiger partial charge in [0.1, 0.15) is 5.82 Å². The minimum atomic E-state index is -1.16. The number of benzene rings is 1. The van der Waals surface area contributed by atoms with Gasteiger partial charge in [0.05, 0.1) is 5.60 Å². The summed E-state index contributed by atoms with van der Waals surface area (Å²) in [6.45, 7) is 2.41. The van der Waals surface area contributed by atoms with Gasteiger partial charge >= 0.3 is 0 Å². The van der Waals surface area contributed by atoms with Crippen LogP contribution in [-0.2, 0) is 15.1 Å². The lowest BCUT2D eigenvalue weighted by Gasteiger charge is -2.43. The molecule has 0 spiro atoms. The number of ether oxygens (including phenoxy) is 1. The Labute approximate surface area is 205 Å². The van der Waals surface area contributed by atoms with Gasteiger partial charge in [0.25, 0.3) is 0 Å². The molecule has 0 radical (unpaired) electrons. The van der Waals surface area contributed by atoms with Gasteiger partial charge in [-0.2, -0.15) is 0 Å². The number of unbranched alkanes of at least 4 members (excludes halogenated alkanes) is 1. The first-order valence-electron chi connectivity index (χ1n) is 13.4. The SMILES string of the molecule is COCCCC[C@@](O)(c1cccc(F)c1)[C@@H]1CCCN(C(=O)C[C@H](CN)CC2CCCCC2)C1. The van der Waals surface area contributed by atoms with E-state index in [1.165, 1.54) is 44.2 Å². The summed E-state index contributed by atoms with van der Waals surface area (Å²) in [5.41, 5.74) is 5.53. The second kappa shape index (κ2) is 13.6. The Morgan fingerprint density at radius 1 is 1.24 bits per heavy atom. The van der Waals surface area contributed by atoms with Crippen molar-refractivity contribution in [3.8, 4) is 0 Å². The van der Waals surface area contributed by atoms with Gasteiger partial charge in [0, 0.05) is 39.1 Å². The molecule has 6 heteroatoms. The van der Waals surface area contributed by atoms with E-state index in [0.29, 0.717) is 44.0 Å². The standard InChI is InChI=1S/C28H45FN2O3/c1-34-16-6-5-14-28(33,24-11-7-13-26(29)19-24)25-12-8-15-31(21-25)27(32)18-23(20-30)17-22-9-3-2-4-10-22/h7,11,13,19,22-23,25,33H,2-6,8-10,12,14-18,20-21,30H2,1H3/t23-,25-,28-/m1/s1. The number of nitrogens with zero attached hydrogens (tertiary/aromatic N) is 1. The van der Waals surface area contributed by atoms with Gasteiger partial charge in [-0.1, -0.05) is 44.2 Å². The van der Waals surface area contributed by atoms with Crippen LogP contribution in [0.25, 0.3) is 0 Å². The Balaban J connectivity index is 1.66. The molecule has 0 bridgehead atoms. The maximum Gasteiger partial charge on any atom is 0.222 e. The molecule has 192 valence electrons. The molecule has 3 rings (SSSR count). The van der Waals surface area contributed by atoms with Gasteiger partial charge in [-0.15, -0.1) is 0 Å². The largest absolute Gasteiger partial charge is 0.385 e. The van der Waals surface area contributed by atoms with Crippen LogP contribution in [-0.4, -0.2) is 49.3 Å². The number of amides is 1. The number of hydrogen-bond donors (Lipinski definition) is 2. The summed E-state index contributed by atoms with van der Waals surface area (Å²) in [6.07, 6.45) is 11.8. The van der Waals surface area contributed by atoms with Gasteiger partial charge in [0.2, 0.25) is 5.91 Å². The molecule has 3 atom stereocenters. The van der Waals surface area contributed by atoms with Crippen LogP contribution < -0.4 is 5.73 Å². The van der Waals surface area contributed by atoms with Crippen LogP contribution in [0.15, 0.2) is 24.3 Å². The van der Waals surface area contributed by atoms with Crippen molar-refractivity contribution in [2.75, 3.05) is 33.4 Å². The molecule has 1 saturated carbocycles. The minimum absolute atomic E-state index is 0.121. The molecule has 5 nitrogen and oxygen atoms in total. The fraction of sp³-hybridized carbons (Fsp3) is 0.750. The predicted octanol–water partition coefficient (Wildman–Crippen LogP) is 5.00. The molecule has 1 heterocycles. The van der Waals surface area contributed by atoms with Crippen molar-refractivity contribution in [1.82, 2.24) is 4.90 Å². The van der Waals surface area contributed by atoms with Crippen LogP contribution >= 0.6 is 0 Å². The van der Waals surface area contributed by atoms with Gasteiger partial charge < -0.3 is 20.5 Å². The summed E-state index contributed by atoms with van der Waals surface area (Å²) in [5.74, 6) is 0.618. The van der Waals surface area contributed by atoms with Crippen LogP contribution in [0.3, 0.4) is 0 Å². The molecule has 0 unspecified atom stereocenters. The van der Waals surface area contributed by atoms with Crippen LogP contribution in [0, 0.1) is 23.6 Å². The van der Waals surface area contributed by atoms with Crippen molar-refractivity contribution in [2.24, 2.45) is 23.5 Å². The van der Waals surface area contributed by atoms with Crippen molar-refractivity contribution in [3.63, 3.8) is 0 Å². The second-order valence-electron chi connectivity index (χ2n) is 10.6. The van der Waals surface area contributed by atoms with Crippen molar-refractivity contribution < 1.29 is 19.0 Å². The zero-order chi connectivity index (χ0) is 24.4. The maximum absolute atomic E-state index is 14.1. The van der Waals surface area contributed by atoms with Crippen molar-refractivity contribution in [3.05, 3.63) is 35.6 Å². The van der Waals surface area contributed by atoms with Crippen LogP contribution in [0.4, 0.5) is 4.39 Å². The van der Waals surface area contributed by atoms with E-state index < -0.39 is 5.60 Å². The van der Waals surface area contributed by atoms with Gasteiger partial charge in [-0.05, 0) is 74.6 Å². The molecule has 1 aliphatic heterocycles. The minimum Gasteiger partial charge on any atom is -0.385 e. The third-order valence-electron chi connectivity index (χ3n) is 8.12. The van der Waals surface area contributed by atoms with Gasteiger partial charge in [-0.3, -0.25) is 4.79 Å². The predicted molar refractivity (Wildman–Crippen MR) is 134 cm³/mol. The summed E-state index contributed by atoms with van der Waals surface area (Å²) >= 11 is 0. The van der Waals surface area contributed by atoms with E-state index in [-0.39, 0.29) is 23.6 Å². The smallest absolute Gasteiger partial charge is 0.222 e. The van der Waals surface area contributed by atoms with E-state index in [2.05, 4.69) is 0 Å². The first kappa shape index (κ1) is 27.1. The van der Waals surface area contributed by atoms with Gasteiger partial charge in [-0.25, -0.2) is 4.39 Å². The average Bonchev–Trinajstić information content (AvgIpc) is 2.86. The number of methoxy groups -OCH3 is 1. The number of nitrogens with two attached hydrogens (primary N) is 1. The summed E-state index contributed by atoms with van der Waals surface area (Å²) < 4.78 is 19.3. The molecule has 1 saturated heterocycles. The van der Waals surface area contributed by atoms with E-state index in [1.54, 1.807) is 13.2 Å². The van der Waals surface area contributed by atoms with Crippen molar-refractivity contribution >= 4 is 5.91 Å². The average molecular weight is 477 g/mol. The molecule has 2 aliphatic rings. The number of aliphatic hydroxyl groups is 1. The number of halogens is 1. The third kappa shape index (κ3) is 7.50. The second-order valence-corrected chi connectivity index (χ2v) is 10.6. The fourth-order valence-corrected chi connectivity index (χ4v) is 6.11. The number of carbonyl (C=O) groups is 1. The summed E-state index contributed by atoms with van der Waals surface area (Å²) in [6, 6.07) is 6.33. The van der Waals surface area contributed by atoms with Crippen LogP contribution in [0.5, 0.6) is 0 Å². The monoisotopic (exact) mass is 476 g/mol. The highest BCUT2D eigenvalue weighted by Gasteiger charge is 2.41. The van der Waals surface area contributed by atoms with Crippen LogP contribution in [0.1, 0.15) is 82.6 Å². The quantitative estimate of drug-likeness (QED) is 0.416. The van der Waals surface area contributed by atoms with E-state index in [4.69, 9.17) is 10.5 Å². The Hall–Kier alpha value is -1.50. The van der Waals surface area contributed by atoms with Crippen molar-refractivity contribution in [1.29, 1.82) is 0 Å². The highest BCUT2D eigenvalue weighted by Crippen LogP contribution is 2.40. The third-order valence-corrected chi connectivity index (χ3v) is 8.12. The maximum atomic E-state index is 14.1. The fourth-order valence-electron chi connectivity index (χ4n) is 6.11. The molecular formula is C28H45FN2O3. The number of hydrogen-bond acceptors (Lipinski definition) is 4. The van der Waals surface area contributed by atoms with E-state index >= 15 is 0 Å². The van der Waals surface area contributed by atoms with Crippen molar-refractivity contribution in [2.45, 2.75) is 82.7 Å². The highest BCUT2D eigenvalue weighted by atomic mass is 19.1. The summed E-state index contributed by atoms with van der Waals surface area (Å²) in [7, 11) is 1.67. The van der Waals surface area contributed by atoms with E-state index in [9.17, 15) is 14.3 Å². The number of likely N-dealkylation sites (tertiary alicyclic amines) is 1. The zero-order valence-electron chi connectivity index (χ0n) is 21.0. The summed E-state index contributed by atoms with van der Waals surface area (Å²) in [5, 5.41) is 11.9. The normalized spacial score (nSPS) is 22.4. The Kier molecular flexibility index (Phi) is 10.8. The lowest BCUT2D eigenvalue weighted by atomic mass is 9.74. The highest BCUT2D eigenvalue weighted by molar-refractivity contribution is 5.76. The first-order chi connectivity index (χ1) is 16.5. The number of rotatable bonds is 12. The number of piperidine rings is 1. The number of carbonyl (C=O) groups excluding carboxylic acids is 1. The lowest BCUT2D eigenvalue weighted by Crippen LogP contribution is -2.48. The van der Waals surface area contributed by atoms with E-state index in [1.807, 2.05) is 11.0 Å². The molecule has 0 aromatic heterocycles. The lowest BCUT2D eigenvalue weighted by molar-refractivity contribution is -0.137. The molecule has 2 fully saturated rings. The molecule has 1 aromatic carbocycles. The Bertz CT molecular complexity index is 755. The van der Waals surface area contributed by atoms with Crippen LogP contribution in [0.2, 0.25) is 0 Å². The molecular weight excluding hydrogens is 431 g/mol. The first-order valence-corrected chi connectivity index (χ1v) is 13.4. The molecule has 1 aliphatic carbocycles. The molecule has 1 aromatic rings. The molecule has 34 heavy (non-hydrogen) atoms. The Morgan fingerprint density at radius 2 is 2.03 bits per heavy atom.